The number of nitrogens with two attached hydrogens (primary N) is 1. The van der Waals surface area contributed by atoms with Crippen molar-refractivity contribution < 1.29 is 4.79 Å². The number of rotatable bonds is 5. The molecule has 0 unspecified atom stereocenters. The first-order valence-electron chi connectivity index (χ1n) is 5.23. The second-order valence-corrected chi connectivity index (χ2v) is 4.47. The molecule has 0 saturated heterocycles. The number of Topliss-reactive ketones (excluding diaryl/α,β-unsaturated/α-hetero) is 1. The van der Waals surface area contributed by atoms with Crippen molar-refractivity contribution in [3.8, 4) is 0 Å². The molecule has 0 bridgehead atoms. The Morgan fingerprint density at radius 2 is 2.13 bits per heavy atom. The van der Waals surface area contributed by atoms with Crippen molar-refractivity contribution in [2.24, 2.45) is 0 Å². The van der Waals surface area contributed by atoms with E-state index in [0.717, 1.165) is 29.3 Å². The van der Waals surface area contributed by atoms with E-state index < -0.39 is 0 Å². The molecule has 0 heterocycles. The number of carbonyl (C=O) groups excluding carboxylic acids is 1. The number of benzene rings is 1. The number of halogens is 1. The maximum atomic E-state index is 11.7. The number of ketones is 1. The fourth-order valence-corrected chi connectivity index (χ4v) is 1.76. The number of hydrogen-bond donors (Lipinski definition) is 1. The largest absolute Gasteiger partial charge is 0.398 e. The lowest BCUT2D eigenvalue weighted by atomic mass is 10.0. The SMILES string of the molecule is CCCCCC(=O)c1ccc(N)c(Br)c1. The number of anilines is 1. The molecule has 0 aliphatic heterocycles. The average molecular weight is 270 g/mol. The zero-order valence-electron chi connectivity index (χ0n) is 8.92. The Labute approximate surface area is 99.0 Å². The summed E-state index contributed by atoms with van der Waals surface area (Å²) in [6, 6.07) is 5.34. The Morgan fingerprint density at radius 1 is 1.40 bits per heavy atom. The van der Waals surface area contributed by atoms with Gasteiger partial charge >= 0.3 is 0 Å². The maximum Gasteiger partial charge on any atom is 0.162 e. The van der Waals surface area contributed by atoms with Gasteiger partial charge in [-0.2, -0.15) is 0 Å². The van der Waals surface area contributed by atoms with Crippen LogP contribution in [0.4, 0.5) is 5.69 Å². The molecule has 0 spiro atoms. The molecular weight excluding hydrogens is 254 g/mol. The quantitative estimate of drug-likeness (QED) is 0.502. The first-order valence-corrected chi connectivity index (χ1v) is 6.02. The van der Waals surface area contributed by atoms with Gasteiger partial charge in [0.05, 0.1) is 0 Å². The highest BCUT2D eigenvalue weighted by molar-refractivity contribution is 9.10. The lowest BCUT2D eigenvalue weighted by molar-refractivity contribution is 0.0979. The van der Waals surface area contributed by atoms with Crippen LogP contribution in [0.3, 0.4) is 0 Å². The van der Waals surface area contributed by atoms with Crippen LogP contribution in [-0.4, -0.2) is 5.78 Å². The highest BCUT2D eigenvalue weighted by atomic mass is 79.9. The first-order chi connectivity index (χ1) is 7.15. The Balaban J connectivity index is 2.62. The Bertz CT molecular complexity index is 349. The Kier molecular flexibility index (Phi) is 4.82. The van der Waals surface area contributed by atoms with Crippen molar-refractivity contribution in [3.05, 3.63) is 28.2 Å². The fourth-order valence-electron chi connectivity index (χ4n) is 1.38. The van der Waals surface area contributed by atoms with Crippen LogP contribution in [0, 0.1) is 0 Å². The molecule has 3 heteroatoms. The molecular formula is C12H16BrNO. The Morgan fingerprint density at radius 3 is 2.73 bits per heavy atom. The first kappa shape index (κ1) is 12.2. The molecule has 2 nitrogen and oxygen atoms in total. The molecule has 0 aliphatic carbocycles. The number of hydrogen-bond acceptors (Lipinski definition) is 2. The van der Waals surface area contributed by atoms with E-state index in [9.17, 15) is 4.79 Å². The van der Waals surface area contributed by atoms with Gasteiger partial charge in [0.1, 0.15) is 0 Å². The fraction of sp³-hybridized carbons (Fsp3) is 0.417. The van der Waals surface area contributed by atoms with Crippen molar-refractivity contribution in [1.82, 2.24) is 0 Å². The molecule has 1 aromatic rings. The van der Waals surface area contributed by atoms with Gasteiger partial charge in [-0.05, 0) is 40.5 Å². The zero-order chi connectivity index (χ0) is 11.3. The molecule has 1 aromatic carbocycles. The third-order valence-electron chi connectivity index (χ3n) is 2.33. The average Bonchev–Trinajstić information content (AvgIpc) is 2.22. The van der Waals surface area contributed by atoms with Crippen molar-refractivity contribution in [3.63, 3.8) is 0 Å². The molecule has 1 rings (SSSR count). The van der Waals surface area contributed by atoms with E-state index in [2.05, 4.69) is 22.9 Å². The summed E-state index contributed by atoms with van der Waals surface area (Å²) in [4.78, 5) is 11.7. The third kappa shape index (κ3) is 3.67. The number of nitrogen functional groups attached to an aromatic ring is 1. The van der Waals surface area contributed by atoms with Gasteiger partial charge in [0.2, 0.25) is 0 Å². The second-order valence-electron chi connectivity index (χ2n) is 3.62. The lowest BCUT2D eigenvalue weighted by Gasteiger charge is -2.03. The summed E-state index contributed by atoms with van der Waals surface area (Å²) in [6.45, 7) is 2.13. The van der Waals surface area contributed by atoms with Crippen LogP contribution in [-0.2, 0) is 0 Å². The molecule has 0 amide bonds. The zero-order valence-corrected chi connectivity index (χ0v) is 10.5. The smallest absolute Gasteiger partial charge is 0.162 e. The van der Waals surface area contributed by atoms with E-state index in [1.54, 1.807) is 18.2 Å². The van der Waals surface area contributed by atoms with Gasteiger partial charge in [0.25, 0.3) is 0 Å². The van der Waals surface area contributed by atoms with E-state index in [1.807, 2.05) is 0 Å². The minimum Gasteiger partial charge on any atom is -0.398 e. The van der Waals surface area contributed by atoms with Crippen LogP contribution in [0.15, 0.2) is 22.7 Å². The van der Waals surface area contributed by atoms with Gasteiger partial charge in [0, 0.05) is 22.1 Å². The van der Waals surface area contributed by atoms with Crippen LogP contribution < -0.4 is 5.73 Å². The summed E-state index contributed by atoms with van der Waals surface area (Å²) in [6.07, 6.45) is 3.85. The molecule has 0 fully saturated rings. The second kappa shape index (κ2) is 5.91. The van der Waals surface area contributed by atoms with Crippen LogP contribution >= 0.6 is 15.9 Å². The van der Waals surface area contributed by atoms with E-state index in [-0.39, 0.29) is 5.78 Å². The van der Waals surface area contributed by atoms with Gasteiger partial charge in [-0.1, -0.05) is 19.8 Å². The topological polar surface area (TPSA) is 43.1 Å². The van der Waals surface area contributed by atoms with Gasteiger partial charge in [-0.3, -0.25) is 4.79 Å². The minimum absolute atomic E-state index is 0.198. The van der Waals surface area contributed by atoms with Crippen LogP contribution in [0.1, 0.15) is 43.0 Å². The molecule has 0 aliphatic rings. The highest BCUT2D eigenvalue weighted by Gasteiger charge is 2.06. The van der Waals surface area contributed by atoms with Crippen molar-refractivity contribution in [2.75, 3.05) is 5.73 Å². The number of unbranched alkanes of at least 4 members (excludes halogenated alkanes) is 2. The maximum absolute atomic E-state index is 11.7. The van der Waals surface area contributed by atoms with Crippen molar-refractivity contribution in [2.45, 2.75) is 32.6 Å². The predicted molar refractivity (Wildman–Crippen MR) is 67.0 cm³/mol. The van der Waals surface area contributed by atoms with E-state index in [1.165, 1.54) is 0 Å². The van der Waals surface area contributed by atoms with Gasteiger partial charge in [0.15, 0.2) is 5.78 Å². The molecule has 0 aromatic heterocycles. The van der Waals surface area contributed by atoms with Crippen molar-refractivity contribution >= 4 is 27.4 Å². The summed E-state index contributed by atoms with van der Waals surface area (Å²) in [5, 5.41) is 0. The van der Waals surface area contributed by atoms with Crippen LogP contribution in [0.5, 0.6) is 0 Å². The third-order valence-corrected chi connectivity index (χ3v) is 3.02. The summed E-state index contributed by atoms with van der Waals surface area (Å²) in [5.74, 6) is 0.198. The predicted octanol–water partition coefficient (Wildman–Crippen LogP) is 3.79. The molecule has 0 atom stereocenters. The monoisotopic (exact) mass is 269 g/mol. The van der Waals surface area contributed by atoms with E-state index in [4.69, 9.17) is 5.73 Å². The van der Waals surface area contributed by atoms with Crippen LogP contribution in [0.25, 0.3) is 0 Å². The normalized spacial score (nSPS) is 10.3. The number of carbonyl (C=O) groups is 1. The van der Waals surface area contributed by atoms with Gasteiger partial charge in [-0.15, -0.1) is 0 Å². The molecule has 0 radical (unpaired) electrons. The molecule has 82 valence electrons. The highest BCUT2D eigenvalue weighted by Crippen LogP contribution is 2.21. The van der Waals surface area contributed by atoms with Gasteiger partial charge < -0.3 is 5.73 Å². The molecule has 15 heavy (non-hydrogen) atoms. The summed E-state index contributed by atoms with van der Waals surface area (Å²) in [7, 11) is 0. The minimum atomic E-state index is 0.198. The standard InChI is InChI=1S/C12H16BrNO/c1-2-3-4-5-12(15)9-6-7-11(14)10(13)8-9/h6-8H,2-5,14H2,1H3. The van der Waals surface area contributed by atoms with Crippen molar-refractivity contribution in [1.29, 1.82) is 0 Å². The van der Waals surface area contributed by atoms with E-state index in [0.29, 0.717) is 12.1 Å². The van der Waals surface area contributed by atoms with Gasteiger partial charge in [-0.25, -0.2) is 0 Å². The molecule has 0 saturated carbocycles. The lowest BCUT2D eigenvalue weighted by Crippen LogP contribution is -1.99. The van der Waals surface area contributed by atoms with E-state index >= 15 is 0 Å². The molecule has 2 N–H and O–H groups in total. The summed E-state index contributed by atoms with van der Waals surface area (Å²) < 4.78 is 0.795. The summed E-state index contributed by atoms with van der Waals surface area (Å²) in [5.41, 5.74) is 7.06. The van der Waals surface area contributed by atoms with Crippen LogP contribution in [0.2, 0.25) is 0 Å². The Hall–Kier alpha value is -0.830. The summed E-state index contributed by atoms with van der Waals surface area (Å²) >= 11 is 3.32.